The first-order valence-electron chi connectivity index (χ1n) is 10.7. The highest BCUT2D eigenvalue weighted by molar-refractivity contribution is 6.99. The molecule has 32 heavy (non-hydrogen) atoms. The maximum atomic E-state index is 11.8. The van der Waals surface area contributed by atoms with Crippen LogP contribution in [0.5, 0.6) is 0 Å². The van der Waals surface area contributed by atoms with Gasteiger partial charge >= 0.3 is 5.97 Å². The zero-order valence-electron chi connectivity index (χ0n) is 18.8. The van der Waals surface area contributed by atoms with Crippen LogP contribution in [0.3, 0.4) is 0 Å². The van der Waals surface area contributed by atoms with Crippen LogP contribution in [0, 0.1) is 0 Å². The monoisotopic (exact) mass is 460 g/mol. The molecule has 1 fully saturated rings. The molecule has 0 spiro atoms. The van der Waals surface area contributed by atoms with Crippen LogP contribution in [-0.2, 0) is 18.7 Å². The van der Waals surface area contributed by atoms with Crippen molar-refractivity contribution in [2.45, 2.75) is 63.4 Å². The van der Waals surface area contributed by atoms with Gasteiger partial charge in [-0.05, 0) is 15.4 Å². The molecule has 0 radical (unpaired) electrons. The summed E-state index contributed by atoms with van der Waals surface area (Å²) in [6.07, 6.45) is -6.34. The van der Waals surface area contributed by atoms with Crippen LogP contribution in [-0.4, -0.2) is 66.9 Å². The maximum absolute atomic E-state index is 11.8. The molecule has 0 bridgehead atoms. The third-order valence-electron chi connectivity index (χ3n) is 5.85. The van der Waals surface area contributed by atoms with E-state index in [2.05, 4.69) is 20.8 Å². The van der Waals surface area contributed by atoms with Crippen LogP contribution >= 0.6 is 0 Å². The molecule has 0 aliphatic carbocycles. The Kier molecular flexibility index (Phi) is 7.54. The van der Waals surface area contributed by atoms with E-state index in [-0.39, 0.29) is 0 Å². The van der Waals surface area contributed by atoms with Gasteiger partial charge in [-0.3, -0.25) is 4.79 Å². The molecular formula is C24H32O7Si. The number of ether oxygens (including phenoxy) is 2. The third kappa shape index (κ3) is 4.66. The van der Waals surface area contributed by atoms with Gasteiger partial charge in [0.05, 0.1) is 6.61 Å². The van der Waals surface area contributed by atoms with Gasteiger partial charge in [-0.25, -0.2) is 0 Å². The number of esters is 1. The molecule has 1 saturated heterocycles. The fourth-order valence-electron chi connectivity index (χ4n) is 4.41. The Hall–Kier alpha value is -2.07. The Labute approximate surface area is 189 Å². The Balaban J connectivity index is 2.21. The largest absolute Gasteiger partial charge is 0.454 e. The molecule has 0 aromatic heterocycles. The number of carbonyl (C=O) groups is 1. The zero-order valence-corrected chi connectivity index (χ0v) is 19.8. The van der Waals surface area contributed by atoms with Crippen molar-refractivity contribution in [3.8, 4) is 0 Å². The molecule has 5 atom stereocenters. The first kappa shape index (κ1) is 24.6. The Bertz CT molecular complexity index is 845. The predicted octanol–water partition coefficient (Wildman–Crippen LogP) is 0.934. The summed E-state index contributed by atoms with van der Waals surface area (Å²) < 4.78 is 17.6. The van der Waals surface area contributed by atoms with E-state index >= 15 is 0 Å². The molecule has 8 heteroatoms. The fraction of sp³-hybridized carbons (Fsp3) is 0.458. The van der Waals surface area contributed by atoms with E-state index in [0.717, 1.165) is 10.4 Å². The van der Waals surface area contributed by atoms with Crippen molar-refractivity contribution in [2.24, 2.45) is 0 Å². The lowest BCUT2D eigenvalue weighted by Gasteiger charge is -2.49. The molecule has 0 saturated carbocycles. The lowest BCUT2D eigenvalue weighted by molar-refractivity contribution is -0.287. The highest BCUT2D eigenvalue weighted by Crippen LogP contribution is 2.39. The first-order chi connectivity index (χ1) is 15.1. The van der Waals surface area contributed by atoms with Crippen molar-refractivity contribution in [1.29, 1.82) is 0 Å². The van der Waals surface area contributed by atoms with Crippen molar-refractivity contribution < 1.29 is 34.0 Å². The van der Waals surface area contributed by atoms with Gasteiger partial charge in [0, 0.05) is 6.92 Å². The van der Waals surface area contributed by atoms with Gasteiger partial charge in [-0.15, -0.1) is 0 Å². The number of hydrogen-bond acceptors (Lipinski definition) is 7. The van der Waals surface area contributed by atoms with Gasteiger partial charge in [0.2, 0.25) is 0 Å². The first-order valence-corrected chi connectivity index (χ1v) is 12.6. The van der Waals surface area contributed by atoms with Crippen molar-refractivity contribution in [1.82, 2.24) is 0 Å². The number of benzene rings is 2. The Morgan fingerprint density at radius 2 is 1.47 bits per heavy atom. The number of aliphatic hydroxyl groups excluding tert-OH is 3. The molecule has 2 aromatic carbocycles. The van der Waals surface area contributed by atoms with Crippen molar-refractivity contribution in [3.05, 3.63) is 60.7 Å². The fourth-order valence-corrected chi connectivity index (χ4v) is 9.10. The standard InChI is InChI=1S/C24H32O7Si/c1-16(26)29-22-21(20(27)19(15-25)30-23(22)28)31-32(24(2,3)4,17-11-7-5-8-12-17)18-13-9-6-10-14-18/h5-14,19-23,25,27-28H,15H2,1-4H3/t19-,20-,21+,22-,23+/m1/s1. The van der Waals surface area contributed by atoms with Crippen molar-refractivity contribution >= 4 is 24.7 Å². The van der Waals surface area contributed by atoms with Gasteiger partial charge in [0.1, 0.15) is 18.3 Å². The molecule has 0 amide bonds. The van der Waals surface area contributed by atoms with Crippen molar-refractivity contribution in [3.63, 3.8) is 0 Å². The second-order valence-electron chi connectivity index (χ2n) is 9.06. The smallest absolute Gasteiger partial charge is 0.303 e. The van der Waals surface area contributed by atoms with Crippen LogP contribution in [0.25, 0.3) is 0 Å². The lowest BCUT2D eigenvalue weighted by Crippen LogP contribution is -2.72. The lowest BCUT2D eigenvalue weighted by atomic mass is 9.99. The Morgan fingerprint density at radius 3 is 1.88 bits per heavy atom. The van der Waals surface area contributed by atoms with Crippen LogP contribution in [0.1, 0.15) is 27.7 Å². The minimum absolute atomic E-state index is 0.409. The average molecular weight is 461 g/mol. The quantitative estimate of drug-likeness (QED) is 0.435. The topological polar surface area (TPSA) is 105 Å². The zero-order chi connectivity index (χ0) is 23.5. The molecule has 1 aliphatic heterocycles. The van der Waals surface area contributed by atoms with Crippen LogP contribution < -0.4 is 10.4 Å². The summed E-state index contributed by atoms with van der Waals surface area (Å²) in [6, 6.07) is 19.6. The van der Waals surface area contributed by atoms with E-state index in [0.29, 0.717) is 0 Å². The van der Waals surface area contributed by atoms with Crippen LogP contribution in [0.15, 0.2) is 60.7 Å². The molecule has 1 aliphatic rings. The number of hydrogen-bond donors (Lipinski definition) is 3. The summed E-state index contributed by atoms with van der Waals surface area (Å²) >= 11 is 0. The normalized spacial score (nSPS) is 26.5. The summed E-state index contributed by atoms with van der Waals surface area (Å²) in [5.74, 6) is -0.636. The van der Waals surface area contributed by atoms with Gasteiger partial charge in [0.25, 0.3) is 8.32 Å². The van der Waals surface area contributed by atoms with E-state index < -0.39 is 56.6 Å². The minimum Gasteiger partial charge on any atom is -0.454 e. The molecular weight excluding hydrogens is 428 g/mol. The minimum atomic E-state index is -3.14. The number of rotatable bonds is 6. The van der Waals surface area contributed by atoms with Crippen LogP contribution in [0.2, 0.25) is 5.04 Å². The molecule has 0 unspecified atom stereocenters. The molecule has 2 aromatic rings. The summed E-state index contributed by atoms with van der Waals surface area (Å²) in [7, 11) is -3.14. The molecule has 174 valence electrons. The van der Waals surface area contributed by atoms with E-state index in [1.165, 1.54) is 6.92 Å². The summed E-state index contributed by atoms with van der Waals surface area (Å²) in [4.78, 5) is 11.8. The van der Waals surface area contributed by atoms with Gasteiger partial charge in [-0.2, -0.15) is 0 Å². The molecule has 1 heterocycles. The molecule has 3 rings (SSSR count). The summed E-state index contributed by atoms with van der Waals surface area (Å²) in [5.41, 5.74) is 0. The van der Waals surface area contributed by atoms with Gasteiger partial charge < -0.3 is 29.2 Å². The molecule has 3 N–H and O–H groups in total. The predicted molar refractivity (Wildman–Crippen MR) is 122 cm³/mol. The second kappa shape index (κ2) is 9.82. The average Bonchev–Trinajstić information content (AvgIpc) is 2.76. The third-order valence-corrected chi connectivity index (χ3v) is 10.9. The van der Waals surface area contributed by atoms with Gasteiger partial charge in [-0.1, -0.05) is 81.4 Å². The number of carbonyl (C=O) groups excluding carboxylic acids is 1. The van der Waals surface area contributed by atoms with E-state index in [1.807, 2.05) is 60.7 Å². The van der Waals surface area contributed by atoms with E-state index in [1.54, 1.807) is 0 Å². The molecule has 7 nitrogen and oxygen atoms in total. The van der Waals surface area contributed by atoms with Crippen LogP contribution in [0.4, 0.5) is 0 Å². The van der Waals surface area contributed by atoms with E-state index in [4.69, 9.17) is 13.9 Å². The maximum Gasteiger partial charge on any atom is 0.303 e. The highest BCUT2D eigenvalue weighted by atomic mass is 28.4. The summed E-state index contributed by atoms with van der Waals surface area (Å²) in [6.45, 7) is 6.92. The van der Waals surface area contributed by atoms with Gasteiger partial charge in [0.15, 0.2) is 12.4 Å². The van der Waals surface area contributed by atoms with Crippen molar-refractivity contribution in [2.75, 3.05) is 6.61 Å². The highest BCUT2D eigenvalue weighted by Gasteiger charge is 2.56. The summed E-state index contributed by atoms with van der Waals surface area (Å²) in [5, 5.41) is 32.9. The second-order valence-corrected chi connectivity index (χ2v) is 13.3. The Morgan fingerprint density at radius 1 is 0.969 bits per heavy atom. The SMILES string of the molecule is CC(=O)O[C@@H]1[C@@H](O[Si](c2ccccc2)(c2ccccc2)C(C)(C)C)[C@H](O)[C@@H](CO)O[C@@H]1O. The van der Waals surface area contributed by atoms with E-state index in [9.17, 15) is 20.1 Å². The number of aliphatic hydroxyl groups is 3.